The van der Waals surface area contributed by atoms with Crippen LogP contribution in [-0.2, 0) is 11.4 Å². The van der Waals surface area contributed by atoms with Crippen LogP contribution in [0.4, 0.5) is 0 Å². The summed E-state index contributed by atoms with van der Waals surface area (Å²) in [6, 6.07) is 18.3. The summed E-state index contributed by atoms with van der Waals surface area (Å²) in [6.07, 6.45) is 4.18. The van der Waals surface area contributed by atoms with E-state index in [-0.39, 0.29) is 12.4 Å². The Hall–Kier alpha value is -1.61. The lowest BCUT2D eigenvalue weighted by Gasteiger charge is -1.99. The third-order valence-corrected chi connectivity index (χ3v) is 2.50. The molecule has 0 fully saturated rings. The van der Waals surface area contributed by atoms with Gasteiger partial charge in [-0.05, 0) is 16.7 Å². The van der Waals surface area contributed by atoms with Gasteiger partial charge in [0.2, 0.25) is 0 Å². The number of hydrogen-bond donors (Lipinski definition) is 1. The highest BCUT2D eigenvalue weighted by Crippen LogP contribution is 2.09. The average molecular weight is 262 g/mol. The first kappa shape index (κ1) is 14.5. The summed E-state index contributed by atoms with van der Waals surface area (Å²) in [6.45, 7) is 0.447. The minimum Gasteiger partial charge on any atom is -0.300 e. The molecular formula is C15H16ClNO. The van der Waals surface area contributed by atoms with Crippen molar-refractivity contribution in [1.29, 1.82) is 0 Å². The minimum absolute atomic E-state index is 0. The van der Waals surface area contributed by atoms with Gasteiger partial charge in [-0.1, -0.05) is 66.7 Å². The highest BCUT2D eigenvalue weighted by atomic mass is 35.5. The smallest absolute Gasteiger partial charge is 0.0930 e. The van der Waals surface area contributed by atoms with Gasteiger partial charge in [0.05, 0.1) is 6.61 Å². The molecule has 2 rings (SSSR count). The van der Waals surface area contributed by atoms with E-state index in [1.165, 1.54) is 5.56 Å². The van der Waals surface area contributed by atoms with E-state index in [2.05, 4.69) is 29.1 Å². The molecule has 0 spiro atoms. The monoisotopic (exact) mass is 261 g/mol. The van der Waals surface area contributed by atoms with Crippen molar-refractivity contribution in [2.75, 3.05) is 0 Å². The average Bonchev–Trinajstić information content (AvgIpc) is 2.40. The number of rotatable bonds is 4. The molecule has 0 saturated carbocycles. The molecule has 0 saturated heterocycles. The molecule has 0 aliphatic carbocycles. The lowest BCUT2D eigenvalue weighted by molar-refractivity contribution is 0.124. The minimum atomic E-state index is 0. The summed E-state index contributed by atoms with van der Waals surface area (Å²) in [7, 11) is 0. The molecule has 3 heteroatoms. The Bertz CT molecular complexity index is 480. The Kier molecular flexibility index (Phi) is 6.15. The Balaban J connectivity index is 0.00000162. The molecule has 94 valence electrons. The topological polar surface area (TPSA) is 35.2 Å². The van der Waals surface area contributed by atoms with E-state index in [9.17, 15) is 0 Å². The predicted octanol–water partition coefficient (Wildman–Crippen LogP) is 3.67. The summed E-state index contributed by atoms with van der Waals surface area (Å²) in [5.41, 5.74) is 3.43. The predicted molar refractivity (Wildman–Crippen MR) is 78.0 cm³/mol. The van der Waals surface area contributed by atoms with Crippen molar-refractivity contribution in [3.05, 3.63) is 71.3 Å². The summed E-state index contributed by atoms with van der Waals surface area (Å²) in [4.78, 5) is 4.58. The quantitative estimate of drug-likeness (QED) is 0.673. The fourth-order valence-electron chi connectivity index (χ4n) is 1.58. The lowest BCUT2D eigenvalue weighted by atomic mass is 10.1. The molecule has 2 aromatic rings. The molecule has 0 unspecified atom stereocenters. The third kappa shape index (κ3) is 4.34. The maximum Gasteiger partial charge on any atom is 0.0930 e. The molecule has 2 nitrogen and oxygen atoms in total. The molecule has 18 heavy (non-hydrogen) atoms. The highest BCUT2D eigenvalue weighted by Gasteiger charge is 1.91. The lowest BCUT2D eigenvalue weighted by Crippen LogP contribution is -1.98. The second-order valence-corrected chi connectivity index (χ2v) is 3.80. The van der Waals surface area contributed by atoms with Crippen LogP contribution in [0.25, 0.3) is 12.2 Å². The van der Waals surface area contributed by atoms with Crippen molar-refractivity contribution in [3.8, 4) is 0 Å². The Morgan fingerprint density at radius 2 is 1.39 bits per heavy atom. The molecule has 0 atom stereocenters. The first-order valence-corrected chi connectivity index (χ1v) is 5.52. The molecule has 0 heterocycles. The van der Waals surface area contributed by atoms with Crippen molar-refractivity contribution in [2.45, 2.75) is 6.61 Å². The highest BCUT2D eigenvalue weighted by molar-refractivity contribution is 5.85. The molecule has 2 aromatic carbocycles. The summed E-state index contributed by atoms with van der Waals surface area (Å²) < 4.78 is 0. The molecule has 0 aliphatic rings. The van der Waals surface area contributed by atoms with Crippen molar-refractivity contribution < 1.29 is 4.84 Å². The van der Waals surface area contributed by atoms with Gasteiger partial charge in [-0.15, -0.1) is 12.4 Å². The van der Waals surface area contributed by atoms with Crippen LogP contribution in [-0.4, -0.2) is 0 Å². The van der Waals surface area contributed by atoms with E-state index in [0.29, 0.717) is 6.61 Å². The van der Waals surface area contributed by atoms with Crippen molar-refractivity contribution in [2.24, 2.45) is 5.90 Å². The van der Waals surface area contributed by atoms with Crippen LogP contribution >= 0.6 is 12.4 Å². The molecule has 0 radical (unpaired) electrons. The summed E-state index contributed by atoms with van der Waals surface area (Å²) >= 11 is 0. The van der Waals surface area contributed by atoms with Gasteiger partial charge in [-0.3, -0.25) is 4.84 Å². The van der Waals surface area contributed by atoms with Gasteiger partial charge in [0.25, 0.3) is 0 Å². The van der Waals surface area contributed by atoms with E-state index in [1.54, 1.807) is 0 Å². The van der Waals surface area contributed by atoms with Crippen LogP contribution in [0.15, 0.2) is 54.6 Å². The Labute approximate surface area is 113 Å². The number of hydrogen-bond acceptors (Lipinski definition) is 2. The molecule has 0 amide bonds. The van der Waals surface area contributed by atoms with Crippen LogP contribution < -0.4 is 5.90 Å². The van der Waals surface area contributed by atoms with Gasteiger partial charge >= 0.3 is 0 Å². The number of nitrogens with two attached hydrogens (primary N) is 1. The van der Waals surface area contributed by atoms with Gasteiger partial charge in [0.15, 0.2) is 0 Å². The van der Waals surface area contributed by atoms with Gasteiger partial charge < -0.3 is 0 Å². The van der Waals surface area contributed by atoms with E-state index in [1.807, 2.05) is 42.5 Å². The summed E-state index contributed by atoms with van der Waals surface area (Å²) in [5.74, 6) is 5.02. The van der Waals surface area contributed by atoms with Crippen LogP contribution in [0.2, 0.25) is 0 Å². The molecule has 0 bridgehead atoms. The van der Waals surface area contributed by atoms with Gasteiger partial charge in [0, 0.05) is 0 Å². The third-order valence-electron chi connectivity index (χ3n) is 2.50. The zero-order valence-electron chi connectivity index (χ0n) is 9.95. The van der Waals surface area contributed by atoms with Gasteiger partial charge in [0.1, 0.15) is 0 Å². The van der Waals surface area contributed by atoms with Crippen LogP contribution in [0.1, 0.15) is 16.7 Å². The Morgan fingerprint density at radius 1 is 0.833 bits per heavy atom. The van der Waals surface area contributed by atoms with Gasteiger partial charge in [-0.25, -0.2) is 5.90 Å². The largest absolute Gasteiger partial charge is 0.300 e. The first-order valence-electron chi connectivity index (χ1n) is 5.52. The van der Waals surface area contributed by atoms with Crippen molar-refractivity contribution >= 4 is 24.6 Å². The SMILES string of the molecule is Cl.NOCc1ccc(C=Cc2ccccc2)cc1. The fraction of sp³-hybridized carbons (Fsp3) is 0.0667. The zero-order chi connectivity index (χ0) is 11.9. The van der Waals surface area contributed by atoms with E-state index < -0.39 is 0 Å². The first-order chi connectivity index (χ1) is 8.38. The second kappa shape index (κ2) is 7.67. The van der Waals surface area contributed by atoms with Crippen LogP contribution in [0.3, 0.4) is 0 Å². The molecule has 0 aliphatic heterocycles. The molecule has 2 N–H and O–H groups in total. The number of halogens is 1. The maximum atomic E-state index is 5.02. The van der Waals surface area contributed by atoms with Crippen LogP contribution in [0.5, 0.6) is 0 Å². The van der Waals surface area contributed by atoms with E-state index in [4.69, 9.17) is 5.90 Å². The second-order valence-electron chi connectivity index (χ2n) is 3.80. The van der Waals surface area contributed by atoms with Crippen molar-refractivity contribution in [1.82, 2.24) is 0 Å². The zero-order valence-corrected chi connectivity index (χ0v) is 10.8. The standard InChI is InChI=1S/C15H15NO.ClH/c16-17-12-15-10-8-14(9-11-15)7-6-13-4-2-1-3-5-13;/h1-11H,12,16H2;1H. The normalized spacial score (nSPS) is 10.3. The molecule has 0 aromatic heterocycles. The molecular weight excluding hydrogens is 246 g/mol. The fourth-order valence-corrected chi connectivity index (χ4v) is 1.58. The van der Waals surface area contributed by atoms with Crippen LogP contribution in [0, 0.1) is 0 Å². The van der Waals surface area contributed by atoms with E-state index in [0.717, 1.165) is 11.1 Å². The maximum absolute atomic E-state index is 5.02. The van der Waals surface area contributed by atoms with E-state index >= 15 is 0 Å². The van der Waals surface area contributed by atoms with Crippen molar-refractivity contribution in [3.63, 3.8) is 0 Å². The van der Waals surface area contributed by atoms with Gasteiger partial charge in [-0.2, -0.15) is 0 Å². The summed E-state index contributed by atoms with van der Waals surface area (Å²) in [5, 5.41) is 0. The Morgan fingerprint density at radius 3 is 1.94 bits per heavy atom. The number of benzene rings is 2.